The molecule has 160 valence electrons. The first kappa shape index (κ1) is 22.3. The highest BCUT2D eigenvalue weighted by Gasteiger charge is 2.35. The number of thioether (sulfide) groups is 1. The maximum Gasteiger partial charge on any atom is 0.417 e. The second kappa shape index (κ2) is 8.77. The third kappa shape index (κ3) is 5.21. The van der Waals surface area contributed by atoms with E-state index < -0.39 is 29.0 Å². The Balaban J connectivity index is 1.79. The van der Waals surface area contributed by atoms with Gasteiger partial charge in [0.2, 0.25) is 5.91 Å². The molecule has 0 aliphatic carbocycles. The first-order chi connectivity index (χ1) is 14.6. The SMILES string of the molecule is Cc1cc(C(F)(F)F)c(C#N)c(SCC(=O)Nc2cc(C)nn2-c2ccc(F)cc2)n1. The van der Waals surface area contributed by atoms with Crippen molar-refractivity contribution < 1.29 is 22.4 Å². The zero-order chi connectivity index (χ0) is 22.8. The van der Waals surface area contributed by atoms with E-state index in [2.05, 4.69) is 15.4 Å². The van der Waals surface area contributed by atoms with Gasteiger partial charge in [0, 0.05) is 11.8 Å². The smallest absolute Gasteiger partial charge is 0.310 e. The van der Waals surface area contributed by atoms with Crippen molar-refractivity contribution in [3.63, 3.8) is 0 Å². The number of benzene rings is 1. The first-order valence-corrected chi connectivity index (χ1v) is 9.81. The molecule has 0 saturated carbocycles. The van der Waals surface area contributed by atoms with Gasteiger partial charge in [0.05, 0.1) is 28.3 Å². The van der Waals surface area contributed by atoms with Gasteiger partial charge in [-0.2, -0.15) is 23.5 Å². The maximum absolute atomic E-state index is 13.2. The molecule has 6 nitrogen and oxygen atoms in total. The number of carbonyl (C=O) groups excluding carboxylic acids is 1. The molecule has 1 aromatic carbocycles. The second-order valence-corrected chi connectivity index (χ2v) is 7.46. The van der Waals surface area contributed by atoms with E-state index in [-0.39, 0.29) is 16.5 Å². The van der Waals surface area contributed by atoms with Crippen LogP contribution in [-0.2, 0) is 11.0 Å². The van der Waals surface area contributed by atoms with Crippen molar-refractivity contribution in [3.8, 4) is 11.8 Å². The Kier molecular flexibility index (Phi) is 6.31. The molecule has 0 atom stereocenters. The second-order valence-electron chi connectivity index (χ2n) is 6.50. The lowest BCUT2D eigenvalue weighted by Crippen LogP contribution is -2.17. The lowest BCUT2D eigenvalue weighted by Gasteiger charge is -2.13. The van der Waals surface area contributed by atoms with Gasteiger partial charge in [-0.1, -0.05) is 11.8 Å². The summed E-state index contributed by atoms with van der Waals surface area (Å²) in [6, 6.07) is 9.40. The van der Waals surface area contributed by atoms with Crippen molar-refractivity contribution >= 4 is 23.5 Å². The summed E-state index contributed by atoms with van der Waals surface area (Å²) >= 11 is 0.729. The van der Waals surface area contributed by atoms with E-state index >= 15 is 0 Å². The van der Waals surface area contributed by atoms with E-state index in [1.807, 2.05) is 0 Å². The summed E-state index contributed by atoms with van der Waals surface area (Å²) in [5.41, 5.74) is -0.522. The van der Waals surface area contributed by atoms with E-state index in [4.69, 9.17) is 0 Å². The number of amides is 1. The molecule has 2 aromatic heterocycles. The van der Waals surface area contributed by atoms with Gasteiger partial charge in [-0.15, -0.1) is 0 Å². The molecular weight excluding hydrogens is 434 g/mol. The van der Waals surface area contributed by atoms with Crippen LogP contribution in [0, 0.1) is 31.0 Å². The van der Waals surface area contributed by atoms with E-state index in [1.54, 1.807) is 13.0 Å². The standard InChI is InChI=1S/C20H15F4N5OS/c1-11-7-16(20(22,23)24)15(9-25)19(26-11)31-10-18(30)27-17-8-12(2)28-29(17)14-5-3-13(21)4-6-14/h3-8H,10H2,1-2H3,(H,27,30). The number of anilines is 1. The molecule has 0 fully saturated rings. The van der Waals surface area contributed by atoms with E-state index in [0.717, 1.165) is 17.8 Å². The van der Waals surface area contributed by atoms with Gasteiger partial charge in [0.1, 0.15) is 22.7 Å². The Labute approximate surface area is 178 Å². The van der Waals surface area contributed by atoms with Crippen LogP contribution in [0.15, 0.2) is 41.4 Å². The molecule has 0 unspecified atom stereocenters. The van der Waals surface area contributed by atoms with Crippen molar-refractivity contribution in [2.24, 2.45) is 0 Å². The zero-order valence-electron chi connectivity index (χ0n) is 16.3. The van der Waals surface area contributed by atoms with E-state index in [0.29, 0.717) is 17.2 Å². The minimum absolute atomic E-state index is 0.0826. The van der Waals surface area contributed by atoms with Crippen molar-refractivity contribution in [2.45, 2.75) is 25.0 Å². The van der Waals surface area contributed by atoms with Gasteiger partial charge in [-0.05, 0) is 44.2 Å². The van der Waals surface area contributed by atoms with Crippen LogP contribution in [-0.4, -0.2) is 26.4 Å². The highest BCUT2D eigenvalue weighted by Crippen LogP contribution is 2.35. The van der Waals surface area contributed by atoms with Gasteiger partial charge < -0.3 is 5.32 Å². The Morgan fingerprint density at radius 3 is 2.48 bits per heavy atom. The lowest BCUT2D eigenvalue weighted by molar-refractivity contribution is -0.138. The Bertz CT molecular complexity index is 1170. The average Bonchev–Trinajstić information content (AvgIpc) is 3.05. The van der Waals surface area contributed by atoms with Crippen LogP contribution in [0.2, 0.25) is 0 Å². The number of halogens is 4. The molecular formula is C20H15F4N5OS. The molecule has 1 amide bonds. The first-order valence-electron chi connectivity index (χ1n) is 8.82. The van der Waals surface area contributed by atoms with Gasteiger partial charge >= 0.3 is 6.18 Å². The molecule has 2 heterocycles. The quantitative estimate of drug-likeness (QED) is 0.453. The number of carbonyl (C=O) groups is 1. The number of nitrogens with zero attached hydrogens (tertiary/aromatic N) is 4. The molecule has 31 heavy (non-hydrogen) atoms. The number of aryl methyl sites for hydroxylation is 2. The van der Waals surface area contributed by atoms with E-state index in [1.165, 1.54) is 41.9 Å². The van der Waals surface area contributed by atoms with Crippen LogP contribution in [0.4, 0.5) is 23.4 Å². The summed E-state index contributed by atoms with van der Waals surface area (Å²) in [5, 5.41) is 15.9. The maximum atomic E-state index is 13.2. The van der Waals surface area contributed by atoms with Gasteiger partial charge in [-0.3, -0.25) is 4.79 Å². The lowest BCUT2D eigenvalue weighted by atomic mass is 10.1. The zero-order valence-corrected chi connectivity index (χ0v) is 17.1. The molecule has 0 saturated heterocycles. The number of alkyl halides is 3. The fraction of sp³-hybridized carbons (Fsp3) is 0.200. The molecule has 0 aliphatic rings. The third-order valence-corrected chi connectivity index (χ3v) is 5.02. The van der Waals surface area contributed by atoms with Crippen LogP contribution < -0.4 is 5.32 Å². The number of rotatable bonds is 5. The van der Waals surface area contributed by atoms with Crippen LogP contribution >= 0.6 is 11.8 Å². The normalized spacial score (nSPS) is 11.3. The van der Waals surface area contributed by atoms with Crippen LogP contribution in [0.5, 0.6) is 0 Å². The van der Waals surface area contributed by atoms with Gasteiger partial charge in [-0.25, -0.2) is 14.1 Å². The summed E-state index contributed by atoms with van der Waals surface area (Å²) in [4.78, 5) is 16.4. The summed E-state index contributed by atoms with van der Waals surface area (Å²) in [7, 11) is 0. The molecule has 3 aromatic rings. The summed E-state index contributed by atoms with van der Waals surface area (Å²) in [5.74, 6) is -0.931. The Morgan fingerprint density at radius 1 is 1.19 bits per heavy atom. The number of hydrogen-bond acceptors (Lipinski definition) is 5. The topological polar surface area (TPSA) is 83.6 Å². The fourth-order valence-corrected chi connectivity index (χ4v) is 3.61. The number of hydrogen-bond donors (Lipinski definition) is 1. The van der Waals surface area contributed by atoms with Gasteiger partial charge in [0.15, 0.2) is 0 Å². The fourth-order valence-electron chi connectivity index (χ4n) is 2.76. The molecule has 0 bridgehead atoms. The highest BCUT2D eigenvalue weighted by atomic mass is 32.2. The number of aromatic nitrogens is 3. The average molecular weight is 449 g/mol. The van der Waals surface area contributed by atoms with Crippen LogP contribution in [0.25, 0.3) is 5.69 Å². The third-order valence-electron chi connectivity index (χ3n) is 4.04. The Hall–Kier alpha value is -3.39. The van der Waals surface area contributed by atoms with Gasteiger partial charge in [0.25, 0.3) is 0 Å². The Morgan fingerprint density at radius 2 is 1.87 bits per heavy atom. The summed E-state index contributed by atoms with van der Waals surface area (Å²) < 4.78 is 54.2. The van der Waals surface area contributed by atoms with Crippen molar-refractivity contribution in [1.82, 2.24) is 14.8 Å². The largest absolute Gasteiger partial charge is 0.417 e. The van der Waals surface area contributed by atoms with E-state index in [9.17, 15) is 27.6 Å². The summed E-state index contributed by atoms with van der Waals surface area (Å²) in [6.45, 7) is 3.09. The molecule has 11 heteroatoms. The molecule has 1 N–H and O–H groups in total. The molecule has 0 spiro atoms. The van der Waals surface area contributed by atoms with Crippen molar-refractivity contribution in [1.29, 1.82) is 5.26 Å². The minimum Gasteiger partial charge on any atom is -0.310 e. The van der Waals surface area contributed by atoms with Crippen LogP contribution in [0.3, 0.4) is 0 Å². The van der Waals surface area contributed by atoms with Crippen molar-refractivity contribution in [2.75, 3.05) is 11.1 Å². The molecule has 3 rings (SSSR count). The highest BCUT2D eigenvalue weighted by molar-refractivity contribution is 8.00. The predicted molar refractivity (Wildman–Crippen MR) is 106 cm³/mol. The molecule has 0 radical (unpaired) electrons. The monoisotopic (exact) mass is 449 g/mol. The van der Waals surface area contributed by atoms with Crippen molar-refractivity contribution in [3.05, 3.63) is 64.7 Å². The summed E-state index contributed by atoms with van der Waals surface area (Å²) in [6.07, 6.45) is -4.71. The predicted octanol–water partition coefficient (Wildman–Crippen LogP) is 4.64. The number of nitrogens with one attached hydrogen (secondary N) is 1. The minimum atomic E-state index is -4.71. The molecule has 0 aliphatic heterocycles. The van der Waals surface area contributed by atoms with Crippen LogP contribution in [0.1, 0.15) is 22.5 Å². The number of pyridine rings is 1. The number of nitriles is 1.